The van der Waals surface area contributed by atoms with E-state index < -0.39 is 9.84 Å². The molecular formula is C13H11Cl2NO3S. The average molecular weight is 332 g/mol. The van der Waals surface area contributed by atoms with Gasteiger partial charge in [0.05, 0.1) is 10.6 Å². The average Bonchev–Trinajstić information content (AvgIpc) is 2.29. The monoisotopic (exact) mass is 331 g/mol. The van der Waals surface area contributed by atoms with Crippen molar-refractivity contribution in [2.45, 2.75) is 4.90 Å². The minimum Gasteiger partial charge on any atom is -0.455 e. The van der Waals surface area contributed by atoms with Gasteiger partial charge in [-0.2, -0.15) is 0 Å². The number of nitrogens with two attached hydrogens (primary N) is 1. The van der Waals surface area contributed by atoms with Crippen LogP contribution in [0.3, 0.4) is 0 Å². The molecule has 0 unspecified atom stereocenters. The lowest BCUT2D eigenvalue weighted by Gasteiger charge is -2.11. The number of hydrogen-bond acceptors (Lipinski definition) is 4. The van der Waals surface area contributed by atoms with Crippen LogP contribution in [0.4, 0.5) is 5.69 Å². The van der Waals surface area contributed by atoms with Crippen LogP contribution >= 0.6 is 23.2 Å². The highest BCUT2D eigenvalue weighted by atomic mass is 35.5. The number of para-hydroxylation sites is 1. The predicted molar refractivity (Wildman–Crippen MR) is 80.5 cm³/mol. The van der Waals surface area contributed by atoms with Crippen LogP contribution in [-0.4, -0.2) is 14.7 Å². The minimum absolute atomic E-state index is 0.0168. The van der Waals surface area contributed by atoms with Gasteiger partial charge in [0, 0.05) is 16.3 Å². The molecule has 0 heterocycles. The Labute approximate surface area is 127 Å². The van der Waals surface area contributed by atoms with Gasteiger partial charge in [0.1, 0.15) is 5.75 Å². The summed E-state index contributed by atoms with van der Waals surface area (Å²) in [5, 5.41) is 0.815. The van der Waals surface area contributed by atoms with Crippen molar-refractivity contribution in [1.29, 1.82) is 0 Å². The SMILES string of the molecule is CS(=O)(=O)c1cccc(Oc2cc(Cl)cc(Cl)c2)c1N. The molecule has 2 aromatic carbocycles. The van der Waals surface area contributed by atoms with Gasteiger partial charge in [-0.1, -0.05) is 29.3 Å². The van der Waals surface area contributed by atoms with Crippen molar-refractivity contribution < 1.29 is 13.2 Å². The van der Waals surface area contributed by atoms with Gasteiger partial charge < -0.3 is 10.5 Å². The van der Waals surface area contributed by atoms with E-state index in [0.29, 0.717) is 15.8 Å². The van der Waals surface area contributed by atoms with E-state index >= 15 is 0 Å². The third-order valence-electron chi connectivity index (χ3n) is 2.49. The summed E-state index contributed by atoms with van der Waals surface area (Å²) >= 11 is 11.7. The molecule has 0 fully saturated rings. The minimum atomic E-state index is -3.42. The van der Waals surface area contributed by atoms with Crippen LogP contribution in [0, 0.1) is 0 Å². The van der Waals surface area contributed by atoms with E-state index in [1.807, 2.05) is 0 Å². The quantitative estimate of drug-likeness (QED) is 0.869. The molecule has 0 aliphatic rings. The van der Waals surface area contributed by atoms with Gasteiger partial charge in [-0.05, 0) is 30.3 Å². The van der Waals surface area contributed by atoms with E-state index in [-0.39, 0.29) is 16.3 Å². The molecule has 7 heteroatoms. The molecule has 106 valence electrons. The fourth-order valence-corrected chi connectivity index (χ4v) is 2.98. The lowest BCUT2D eigenvalue weighted by atomic mass is 10.3. The Hall–Kier alpha value is -1.43. The molecule has 0 aromatic heterocycles. The first-order chi connectivity index (χ1) is 9.27. The third kappa shape index (κ3) is 3.36. The number of benzene rings is 2. The molecule has 0 aliphatic carbocycles. The van der Waals surface area contributed by atoms with Crippen molar-refractivity contribution in [3.05, 3.63) is 46.4 Å². The summed E-state index contributed by atoms with van der Waals surface area (Å²) in [4.78, 5) is 0.0168. The molecule has 0 radical (unpaired) electrons. The zero-order valence-corrected chi connectivity index (χ0v) is 12.8. The fourth-order valence-electron chi connectivity index (χ4n) is 1.65. The van der Waals surface area contributed by atoms with Crippen molar-refractivity contribution >= 4 is 38.7 Å². The molecule has 0 aliphatic heterocycles. The van der Waals surface area contributed by atoms with Crippen molar-refractivity contribution in [3.63, 3.8) is 0 Å². The molecule has 0 saturated heterocycles. The van der Waals surface area contributed by atoms with E-state index in [2.05, 4.69) is 0 Å². The summed E-state index contributed by atoms with van der Waals surface area (Å²) in [5.41, 5.74) is 5.87. The zero-order valence-electron chi connectivity index (χ0n) is 10.4. The fraction of sp³-hybridized carbons (Fsp3) is 0.0769. The molecule has 2 aromatic rings. The second kappa shape index (κ2) is 5.52. The number of rotatable bonds is 3. The molecule has 2 rings (SSSR count). The zero-order chi connectivity index (χ0) is 14.9. The number of hydrogen-bond donors (Lipinski definition) is 1. The van der Waals surface area contributed by atoms with Crippen molar-refractivity contribution in [1.82, 2.24) is 0 Å². The predicted octanol–water partition coefficient (Wildman–Crippen LogP) is 3.77. The van der Waals surface area contributed by atoms with Crippen molar-refractivity contribution in [3.8, 4) is 11.5 Å². The Kier molecular flexibility index (Phi) is 4.13. The van der Waals surface area contributed by atoms with Gasteiger partial charge in [0.15, 0.2) is 15.6 Å². The Morgan fingerprint density at radius 2 is 1.70 bits per heavy atom. The molecule has 0 amide bonds. The Morgan fingerprint density at radius 1 is 1.10 bits per heavy atom. The maximum absolute atomic E-state index is 11.6. The number of halogens is 2. The first-order valence-corrected chi connectivity index (χ1v) is 8.14. The van der Waals surface area contributed by atoms with Gasteiger partial charge in [-0.3, -0.25) is 0 Å². The van der Waals surface area contributed by atoms with Crippen molar-refractivity contribution in [2.24, 2.45) is 0 Å². The van der Waals surface area contributed by atoms with Crippen LogP contribution < -0.4 is 10.5 Å². The number of sulfone groups is 1. The first-order valence-electron chi connectivity index (χ1n) is 5.50. The van der Waals surface area contributed by atoms with E-state index in [9.17, 15) is 8.42 Å². The van der Waals surface area contributed by atoms with E-state index in [0.717, 1.165) is 6.26 Å². The second-order valence-electron chi connectivity index (χ2n) is 4.15. The summed E-state index contributed by atoms with van der Waals surface area (Å²) < 4.78 is 28.7. The van der Waals surface area contributed by atoms with Crippen LogP contribution in [0.2, 0.25) is 10.0 Å². The largest absolute Gasteiger partial charge is 0.455 e. The normalized spacial score (nSPS) is 11.3. The number of anilines is 1. The number of ether oxygens (including phenoxy) is 1. The van der Waals surface area contributed by atoms with E-state index in [1.165, 1.54) is 6.07 Å². The van der Waals surface area contributed by atoms with E-state index in [1.54, 1.807) is 30.3 Å². The highest BCUT2D eigenvalue weighted by Crippen LogP contribution is 2.34. The summed E-state index contributed by atoms with van der Waals surface area (Å²) in [6.45, 7) is 0. The molecule has 0 atom stereocenters. The van der Waals surface area contributed by atoms with Gasteiger partial charge in [-0.15, -0.1) is 0 Å². The van der Waals surface area contributed by atoms with E-state index in [4.69, 9.17) is 33.7 Å². The molecule has 20 heavy (non-hydrogen) atoms. The van der Waals surface area contributed by atoms with Gasteiger partial charge in [0.2, 0.25) is 0 Å². The number of nitrogen functional groups attached to an aromatic ring is 1. The van der Waals surface area contributed by atoms with Crippen molar-refractivity contribution in [2.75, 3.05) is 12.0 Å². The maximum Gasteiger partial charge on any atom is 0.177 e. The van der Waals surface area contributed by atoms with Crippen LogP contribution in [0.1, 0.15) is 0 Å². The van der Waals surface area contributed by atoms with Gasteiger partial charge in [0.25, 0.3) is 0 Å². The standard InChI is InChI=1S/C13H11Cl2NO3S/c1-20(17,18)12-4-2-3-11(13(12)16)19-10-6-8(14)5-9(15)7-10/h2-7H,16H2,1H3. The first kappa shape index (κ1) is 15.0. The van der Waals surface area contributed by atoms with Crippen LogP contribution in [-0.2, 0) is 9.84 Å². The lowest BCUT2D eigenvalue weighted by Crippen LogP contribution is -2.03. The molecule has 2 N–H and O–H groups in total. The Morgan fingerprint density at radius 3 is 2.25 bits per heavy atom. The van der Waals surface area contributed by atoms with Crippen LogP contribution in [0.25, 0.3) is 0 Å². The Balaban J connectivity index is 2.44. The molecule has 0 spiro atoms. The molecular weight excluding hydrogens is 321 g/mol. The molecule has 4 nitrogen and oxygen atoms in total. The highest BCUT2D eigenvalue weighted by molar-refractivity contribution is 7.90. The smallest absolute Gasteiger partial charge is 0.177 e. The summed E-state index contributed by atoms with van der Waals surface area (Å²) in [7, 11) is -3.42. The van der Waals surface area contributed by atoms with Gasteiger partial charge in [-0.25, -0.2) is 8.42 Å². The maximum atomic E-state index is 11.6. The molecule has 0 bridgehead atoms. The molecule has 0 saturated carbocycles. The second-order valence-corrected chi connectivity index (χ2v) is 7.00. The summed E-state index contributed by atoms with van der Waals surface area (Å²) in [6, 6.07) is 9.21. The summed E-state index contributed by atoms with van der Waals surface area (Å²) in [6.07, 6.45) is 1.08. The van der Waals surface area contributed by atoms with Crippen LogP contribution in [0.5, 0.6) is 11.5 Å². The van der Waals surface area contributed by atoms with Gasteiger partial charge >= 0.3 is 0 Å². The topological polar surface area (TPSA) is 69.4 Å². The lowest BCUT2D eigenvalue weighted by molar-refractivity contribution is 0.483. The Bertz CT molecular complexity index is 740. The summed E-state index contributed by atoms with van der Waals surface area (Å²) in [5.74, 6) is 0.603. The van der Waals surface area contributed by atoms with Crippen LogP contribution in [0.15, 0.2) is 41.3 Å². The highest BCUT2D eigenvalue weighted by Gasteiger charge is 2.15. The third-order valence-corrected chi connectivity index (χ3v) is 4.08.